The zero-order valence-electron chi connectivity index (χ0n) is 7.07. The second-order valence-corrected chi connectivity index (χ2v) is 2.51. The molecule has 0 aliphatic carbocycles. The SMILES string of the molecule is O=C(O)C(=O)OCc1cccc(F)c1. The number of ether oxygens (including phenoxy) is 1. The number of hydrogen-bond donors (Lipinski definition) is 1. The number of carboxylic acid groups (broad SMARTS) is 1. The number of rotatable bonds is 2. The number of carbonyl (C=O) groups is 2. The highest BCUT2D eigenvalue weighted by Crippen LogP contribution is 2.04. The summed E-state index contributed by atoms with van der Waals surface area (Å²) >= 11 is 0. The quantitative estimate of drug-likeness (QED) is 0.567. The van der Waals surface area contributed by atoms with E-state index in [0.29, 0.717) is 5.56 Å². The molecule has 1 N–H and O–H groups in total. The molecule has 14 heavy (non-hydrogen) atoms. The molecule has 0 saturated carbocycles. The van der Waals surface area contributed by atoms with Crippen LogP contribution in [0.1, 0.15) is 5.56 Å². The number of benzene rings is 1. The van der Waals surface area contributed by atoms with Crippen LogP contribution in [0.5, 0.6) is 0 Å². The number of hydrogen-bond acceptors (Lipinski definition) is 3. The van der Waals surface area contributed by atoms with Crippen molar-refractivity contribution in [2.24, 2.45) is 0 Å². The molecular formula is C9H7FO4. The number of halogens is 1. The summed E-state index contributed by atoms with van der Waals surface area (Å²) in [5.74, 6) is -3.48. The maximum absolute atomic E-state index is 12.6. The molecule has 0 spiro atoms. The molecule has 1 aromatic rings. The Labute approximate surface area is 78.9 Å². The van der Waals surface area contributed by atoms with Gasteiger partial charge in [-0.2, -0.15) is 0 Å². The van der Waals surface area contributed by atoms with Crippen molar-refractivity contribution in [1.82, 2.24) is 0 Å². The maximum atomic E-state index is 12.6. The summed E-state index contributed by atoms with van der Waals surface area (Å²) in [5, 5.41) is 8.17. The summed E-state index contributed by atoms with van der Waals surface area (Å²) in [4.78, 5) is 20.5. The van der Waals surface area contributed by atoms with Gasteiger partial charge in [0.15, 0.2) is 0 Å². The molecule has 0 fully saturated rings. The molecule has 0 saturated heterocycles. The Hall–Kier alpha value is -1.91. The summed E-state index contributed by atoms with van der Waals surface area (Å²) in [7, 11) is 0. The predicted molar refractivity (Wildman–Crippen MR) is 43.8 cm³/mol. The fourth-order valence-corrected chi connectivity index (χ4v) is 0.837. The van der Waals surface area contributed by atoms with Gasteiger partial charge in [0.1, 0.15) is 12.4 Å². The highest BCUT2D eigenvalue weighted by molar-refractivity contribution is 6.28. The Balaban J connectivity index is 2.54. The summed E-state index contributed by atoms with van der Waals surface area (Å²) < 4.78 is 16.9. The van der Waals surface area contributed by atoms with Crippen LogP contribution in [0.3, 0.4) is 0 Å². The van der Waals surface area contributed by atoms with Gasteiger partial charge < -0.3 is 9.84 Å². The van der Waals surface area contributed by atoms with E-state index in [-0.39, 0.29) is 6.61 Å². The molecule has 1 rings (SSSR count). The van der Waals surface area contributed by atoms with E-state index >= 15 is 0 Å². The lowest BCUT2D eigenvalue weighted by Gasteiger charge is -2.01. The third-order valence-electron chi connectivity index (χ3n) is 1.43. The molecule has 0 aliphatic rings. The van der Waals surface area contributed by atoms with E-state index in [0.717, 1.165) is 6.07 Å². The van der Waals surface area contributed by atoms with E-state index in [1.807, 2.05) is 0 Å². The smallest absolute Gasteiger partial charge is 0.417 e. The van der Waals surface area contributed by atoms with Crippen LogP contribution in [0.2, 0.25) is 0 Å². The Morgan fingerprint density at radius 1 is 1.43 bits per heavy atom. The zero-order chi connectivity index (χ0) is 10.6. The van der Waals surface area contributed by atoms with Crippen LogP contribution in [0, 0.1) is 5.82 Å². The van der Waals surface area contributed by atoms with E-state index in [2.05, 4.69) is 4.74 Å². The molecule has 0 amide bonds. The Morgan fingerprint density at radius 2 is 2.14 bits per heavy atom. The van der Waals surface area contributed by atoms with Crippen LogP contribution in [-0.2, 0) is 20.9 Å². The Morgan fingerprint density at radius 3 is 2.71 bits per heavy atom. The first-order valence-electron chi connectivity index (χ1n) is 3.74. The van der Waals surface area contributed by atoms with Crippen LogP contribution >= 0.6 is 0 Å². The van der Waals surface area contributed by atoms with Crippen molar-refractivity contribution in [2.45, 2.75) is 6.61 Å². The number of carboxylic acids is 1. The van der Waals surface area contributed by atoms with Gasteiger partial charge in [-0.25, -0.2) is 14.0 Å². The first kappa shape index (κ1) is 10.2. The highest BCUT2D eigenvalue weighted by atomic mass is 19.1. The molecule has 74 valence electrons. The molecule has 0 aliphatic heterocycles. The summed E-state index contributed by atoms with van der Waals surface area (Å²) in [6.07, 6.45) is 0. The maximum Gasteiger partial charge on any atom is 0.417 e. The second kappa shape index (κ2) is 4.36. The fourth-order valence-electron chi connectivity index (χ4n) is 0.837. The summed E-state index contributed by atoms with van der Waals surface area (Å²) in [6, 6.07) is 5.37. The topological polar surface area (TPSA) is 63.6 Å². The van der Waals surface area contributed by atoms with Crippen molar-refractivity contribution >= 4 is 11.9 Å². The zero-order valence-corrected chi connectivity index (χ0v) is 7.07. The molecule has 0 radical (unpaired) electrons. The van der Waals surface area contributed by atoms with E-state index < -0.39 is 17.8 Å². The van der Waals surface area contributed by atoms with Crippen LogP contribution in [-0.4, -0.2) is 17.0 Å². The van der Waals surface area contributed by atoms with Gasteiger partial charge in [0, 0.05) is 0 Å². The molecule has 4 nitrogen and oxygen atoms in total. The van der Waals surface area contributed by atoms with Crippen molar-refractivity contribution < 1.29 is 23.8 Å². The van der Waals surface area contributed by atoms with Crippen molar-refractivity contribution in [3.63, 3.8) is 0 Å². The molecule has 0 unspecified atom stereocenters. The normalized spacial score (nSPS) is 9.50. The first-order valence-corrected chi connectivity index (χ1v) is 3.74. The standard InChI is InChI=1S/C9H7FO4/c10-7-3-1-2-6(4-7)5-14-9(13)8(11)12/h1-4H,5H2,(H,11,12). The van der Waals surface area contributed by atoms with Gasteiger partial charge in [0.25, 0.3) is 0 Å². The molecule has 0 atom stereocenters. The van der Waals surface area contributed by atoms with Crippen molar-refractivity contribution in [2.75, 3.05) is 0 Å². The lowest BCUT2D eigenvalue weighted by atomic mass is 10.2. The number of carbonyl (C=O) groups excluding carboxylic acids is 1. The van der Waals surface area contributed by atoms with Crippen molar-refractivity contribution in [3.8, 4) is 0 Å². The molecule has 5 heteroatoms. The van der Waals surface area contributed by atoms with Crippen LogP contribution in [0.15, 0.2) is 24.3 Å². The van der Waals surface area contributed by atoms with E-state index in [4.69, 9.17) is 5.11 Å². The van der Waals surface area contributed by atoms with Crippen LogP contribution in [0.25, 0.3) is 0 Å². The van der Waals surface area contributed by atoms with E-state index in [9.17, 15) is 14.0 Å². The average molecular weight is 198 g/mol. The number of esters is 1. The minimum atomic E-state index is -1.67. The first-order chi connectivity index (χ1) is 6.59. The van der Waals surface area contributed by atoms with E-state index in [1.54, 1.807) is 0 Å². The van der Waals surface area contributed by atoms with Gasteiger partial charge >= 0.3 is 11.9 Å². The molecule has 0 heterocycles. The van der Waals surface area contributed by atoms with Gasteiger partial charge in [0.05, 0.1) is 0 Å². The number of aliphatic carboxylic acids is 1. The third-order valence-corrected chi connectivity index (χ3v) is 1.43. The monoisotopic (exact) mass is 198 g/mol. The third kappa shape index (κ3) is 2.85. The average Bonchev–Trinajstić information content (AvgIpc) is 2.14. The van der Waals surface area contributed by atoms with Gasteiger partial charge in [-0.15, -0.1) is 0 Å². The Bertz CT molecular complexity index is 362. The van der Waals surface area contributed by atoms with E-state index in [1.165, 1.54) is 18.2 Å². The molecule has 0 aromatic heterocycles. The van der Waals surface area contributed by atoms with Gasteiger partial charge in [-0.1, -0.05) is 12.1 Å². The lowest BCUT2D eigenvalue weighted by molar-refractivity contribution is -0.164. The highest BCUT2D eigenvalue weighted by Gasteiger charge is 2.12. The van der Waals surface area contributed by atoms with Crippen LogP contribution < -0.4 is 0 Å². The van der Waals surface area contributed by atoms with Crippen molar-refractivity contribution in [1.29, 1.82) is 0 Å². The Kier molecular flexibility index (Phi) is 3.17. The second-order valence-electron chi connectivity index (χ2n) is 2.51. The molecular weight excluding hydrogens is 191 g/mol. The van der Waals surface area contributed by atoms with Gasteiger partial charge in [-0.3, -0.25) is 0 Å². The minimum Gasteiger partial charge on any atom is -0.473 e. The lowest BCUT2D eigenvalue weighted by Crippen LogP contribution is -2.15. The van der Waals surface area contributed by atoms with Gasteiger partial charge in [0.2, 0.25) is 0 Å². The summed E-state index contributed by atoms with van der Waals surface area (Å²) in [5.41, 5.74) is 0.402. The molecule has 1 aromatic carbocycles. The van der Waals surface area contributed by atoms with Crippen LogP contribution in [0.4, 0.5) is 4.39 Å². The molecule has 0 bridgehead atoms. The predicted octanol–water partition coefficient (Wildman–Crippen LogP) is 0.954. The van der Waals surface area contributed by atoms with Crippen molar-refractivity contribution in [3.05, 3.63) is 35.6 Å². The minimum absolute atomic E-state index is 0.247. The fraction of sp³-hybridized carbons (Fsp3) is 0.111. The van der Waals surface area contributed by atoms with Gasteiger partial charge in [-0.05, 0) is 17.7 Å². The largest absolute Gasteiger partial charge is 0.473 e. The summed E-state index contributed by atoms with van der Waals surface area (Å²) in [6.45, 7) is -0.247.